The van der Waals surface area contributed by atoms with E-state index < -0.39 is 6.10 Å². The number of carbonyl (C=O) groups is 2. The van der Waals surface area contributed by atoms with Gasteiger partial charge in [-0.1, -0.05) is 44.7 Å². The molecule has 2 atom stereocenters. The molecule has 2 heterocycles. The third-order valence-corrected chi connectivity index (χ3v) is 7.50. The summed E-state index contributed by atoms with van der Waals surface area (Å²) in [5.41, 5.74) is 1.86. The molecular formula is C28H39NO4S. The molecular weight excluding hydrogens is 446 g/mol. The minimum absolute atomic E-state index is 0.109. The number of unbranched alkanes of at least 4 members (excludes halogenated alkanes) is 3. The predicted molar refractivity (Wildman–Crippen MR) is 138 cm³/mol. The first-order valence-electron chi connectivity index (χ1n) is 12.8. The number of aryl methyl sites for hydroxylation is 1. The monoisotopic (exact) mass is 485 g/mol. The van der Waals surface area contributed by atoms with E-state index in [9.17, 15) is 14.7 Å². The highest BCUT2D eigenvalue weighted by Gasteiger charge is 2.31. The van der Waals surface area contributed by atoms with Crippen molar-refractivity contribution in [1.82, 2.24) is 0 Å². The lowest BCUT2D eigenvalue weighted by molar-refractivity contribution is -0.117. The number of aliphatic hydroxyl groups excluding tert-OH is 1. The van der Waals surface area contributed by atoms with Crippen LogP contribution in [0, 0.1) is 0 Å². The number of hydrogen-bond acceptors (Lipinski definition) is 5. The van der Waals surface area contributed by atoms with E-state index in [0.29, 0.717) is 11.3 Å². The van der Waals surface area contributed by atoms with Gasteiger partial charge in [-0.25, -0.2) is 4.79 Å². The number of amides is 1. The lowest BCUT2D eigenvalue weighted by Crippen LogP contribution is -2.32. The van der Waals surface area contributed by atoms with Gasteiger partial charge in [0.1, 0.15) is 4.88 Å². The molecule has 0 saturated carbocycles. The van der Waals surface area contributed by atoms with Crippen LogP contribution in [-0.4, -0.2) is 29.1 Å². The number of anilines is 1. The van der Waals surface area contributed by atoms with Crippen LogP contribution in [0.4, 0.5) is 5.69 Å². The Labute approximate surface area is 208 Å². The molecule has 2 aromatic rings. The summed E-state index contributed by atoms with van der Waals surface area (Å²) in [6, 6.07) is 12.0. The molecule has 34 heavy (non-hydrogen) atoms. The number of rotatable bonds is 13. The SMILES string of the molecule is CCCCC[C@H](O)c1ccc(N2C(=O)CCC2CCCCc2ccc(C(=O)OC(C)C)s2)cc1. The van der Waals surface area contributed by atoms with E-state index in [4.69, 9.17) is 4.74 Å². The number of benzene rings is 1. The largest absolute Gasteiger partial charge is 0.459 e. The van der Waals surface area contributed by atoms with Crippen molar-refractivity contribution in [3.8, 4) is 0 Å². The van der Waals surface area contributed by atoms with E-state index in [-0.39, 0.29) is 24.0 Å². The average Bonchev–Trinajstić information content (AvgIpc) is 3.43. The van der Waals surface area contributed by atoms with Crippen molar-refractivity contribution < 1.29 is 19.4 Å². The maximum absolute atomic E-state index is 12.6. The molecule has 1 amide bonds. The fraction of sp³-hybridized carbons (Fsp3) is 0.571. The average molecular weight is 486 g/mol. The molecule has 0 aliphatic carbocycles. The maximum atomic E-state index is 12.6. The molecule has 6 heteroatoms. The highest BCUT2D eigenvalue weighted by atomic mass is 32.1. The number of aliphatic hydroxyl groups is 1. The molecule has 0 bridgehead atoms. The third kappa shape index (κ3) is 7.41. The molecule has 1 unspecified atom stereocenters. The number of hydrogen-bond donors (Lipinski definition) is 1. The first kappa shape index (κ1) is 26.4. The van der Waals surface area contributed by atoms with Gasteiger partial charge in [-0.05, 0) is 75.8 Å². The lowest BCUT2D eigenvalue weighted by atomic mass is 10.0. The van der Waals surface area contributed by atoms with Gasteiger partial charge in [-0.3, -0.25) is 4.79 Å². The Morgan fingerprint density at radius 1 is 1.12 bits per heavy atom. The summed E-state index contributed by atoms with van der Waals surface area (Å²) in [7, 11) is 0. The minimum Gasteiger partial charge on any atom is -0.459 e. The van der Waals surface area contributed by atoms with Gasteiger partial charge in [0.25, 0.3) is 0 Å². The Bertz CT molecular complexity index is 921. The van der Waals surface area contributed by atoms with E-state index >= 15 is 0 Å². The topological polar surface area (TPSA) is 66.8 Å². The minimum atomic E-state index is -0.435. The van der Waals surface area contributed by atoms with Gasteiger partial charge in [0, 0.05) is 23.0 Å². The number of esters is 1. The summed E-state index contributed by atoms with van der Waals surface area (Å²) in [6.07, 6.45) is 9.01. The number of nitrogens with zero attached hydrogens (tertiary/aromatic N) is 1. The second kappa shape index (κ2) is 13.1. The van der Waals surface area contributed by atoms with Crippen molar-refractivity contribution >= 4 is 28.9 Å². The Morgan fingerprint density at radius 3 is 2.59 bits per heavy atom. The first-order valence-corrected chi connectivity index (χ1v) is 13.6. The van der Waals surface area contributed by atoms with Crippen molar-refractivity contribution in [2.24, 2.45) is 0 Å². The summed E-state index contributed by atoms with van der Waals surface area (Å²) < 4.78 is 5.27. The quantitative estimate of drug-likeness (QED) is 0.249. The second-order valence-electron chi connectivity index (χ2n) is 9.53. The van der Waals surface area contributed by atoms with Gasteiger partial charge in [0.2, 0.25) is 5.91 Å². The van der Waals surface area contributed by atoms with Crippen LogP contribution in [0.1, 0.15) is 105 Å². The van der Waals surface area contributed by atoms with Crippen LogP contribution in [0.5, 0.6) is 0 Å². The van der Waals surface area contributed by atoms with Crippen LogP contribution in [0.2, 0.25) is 0 Å². The van der Waals surface area contributed by atoms with E-state index in [1.807, 2.05) is 55.1 Å². The van der Waals surface area contributed by atoms with Crippen molar-refractivity contribution in [2.75, 3.05) is 4.90 Å². The fourth-order valence-electron chi connectivity index (χ4n) is 4.56. The first-order chi connectivity index (χ1) is 16.4. The molecule has 186 valence electrons. The molecule has 3 rings (SSSR count). The molecule has 1 aliphatic rings. The number of ether oxygens (including phenoxy) is 1. The smallest absolute Gasteiger partial charge is 0.348 e. The molecule has 5 nitrogen and oxygen atoms in total. The maximum Gasteiger partial charge on any atom is 0.348 e. The Morgan fingerprint density at radius 2 is 1.88 bits per heavy atom. The van der Waals surface area contributed by atoms with Gasteiger partial charge >= 0.3 is 5.97 Å². The van der Waals surface area contributed by atoms with E-state index in [1.165, 1.54) is 16.2 Å². The summed E-state index contributed by atoms with van der Waals surface area (Å²) >= 11 is 1.51. The fourth-order valence-corrected chi connectivity index (χ4v) is 5.49. The van der Waals surface area contributed by atoms with Crippen molar-refractivity contribution in [2.45, 2.75) is 103 Å². The van der Waals surface area contributed by atoms with Crippen LogP contribution in [0.25, 0.3) is 0 Å². The highest BCUT2D eigenvalue weighted by molar-refractivity contribution is 7.13. The molecule has 1 aromatic heterocycles. The van der Waals surface area contributed by atoms with Crippen LogP contribution < -0.4 is 4.90 Å². The van der Waals surface area contributed by atoms with Gasteiger partial charge in [0.15, 0.2) is 0 Å². The zero-order valence-electron chi connectivity index (χ0n) is 20.8. The molecule has 0 spiro atoms. The molecule has 1 aliphatic heterocycles. The summed E-state index contributed by atoms with van der Waals surface area (Å²) in [5, 5.41) is 10.4. The van der Waals surface area contributed by atoms with E-state index in [2.05, 4.69) is 6.92 Å². The second-order valence-corrected chi connectivity index (χ2v) is 10.7. The van der Waals surface area contributed by atoms with Gasteiger partial charge in [-0.2, -0.15) is 0 Å². The van der Waals surface area contributed by atoms with Gasteiger partial charge in [-0.15, -0.1) is 11.3 Å². The summed E-state index contributed by atoms with van der Waals surface area (Å²) in [6.45, 7) is 5.88. The molecule has 1 aromatic carbocycles. The van der Waals surface area contributed by atoms with Crippen LogP contribution >= 0.6 is 11.3 Å². The molecule has 1 fully saturated rings. The van der Waals surface area contributed by atoms with Crippen LogP contribution in [-0.2, 0) is 16.0 Å². The van der Waals surface area contributed by atoms with E-state index in [1.54, 1.807) is 0 Å². The normalized spacial score (nSPS) is 16.9. The third-order valence-electron chi connectivity index (χ3n) is 6.38. The predicted octanol–water partition coefficient (Wildman–Crippen LogP) is 6.84. The Kier molecular flexibility index (Phi) is 10.1. The Hall–Kier alpha value is -2.18. The lowest BCUT2D eigenvalue weighted by Gasteiger charge is -2.25. The van der Waals surface area contributed by atoms with Crippen molar-refractivity contribution in [3.63, 3.8) is 0 Å². The van der Waals surface area contributed by atoms with Gasteiger partial charge < -0.3 is 14.7 Å². The van der Waals surface area contributed by atoms with Crippen LogP contribution in [0.15, 0.2) is 36.4 Å². The molecule has 1 N–H and O–H groups in total. The standard InChI is InChI=1S/C28H39NO4S/c1-4-5-6-11-25(30)21-12-14-23(15-13-21)29-22(16-19-27(29)31)9-7-8-10-24-17-18-26(34-24)28(32)33-20(2)3/h12-15,17-18,20,22,25,30H,4-11,16,19H2,1-3H3/t22?,25-/m0/s1. The number of thiophene rings is 1. The van der Waals surface area contributed by atoms with Crippen LogP contribution in [0.3, 0.4) is 0 Å². The van der Waals surface area contributed by atoms with Crippen molar-refractivity contribution in [1.29, 1.82) is 0 Å². The molecule has 0 radical (unpaired) electrons. The zero-order valence-corrected chi connectivity index (χ0v) is 21.6. The Balaban J connectivity index is 1.48. The summed E-state index contributed by atoms with van der Waals surface area (Å²) in [4.78, 5) is 28.5. The zero-order chi connectivity index (χ0) is 24.5. The summed E-state index contributed by atoms with van der Waals surface area (Å²) in [5.74, 6) is -0.0568. The van der Waals surface area contributed by atoms with E-state index in [0.717, 1.165) is 69.0 Å². The highest BCUT2D eigenvalue weighted by Crippen LogP contribution is 2.31. The number of carbonyl (C=O) groups excluding carboxylic acids is 2. The van der Waals surface area contributed by atoms with Gasteiger partial charge in [0.05, 0.1) is 12.2 Å². The molecule has 1 saturated heterocycles. The van der Waals surface area contributed by atoms with Crippen molar-refractivity contribution in [3.05, 3.63) is 51.7 Å².